The zero-order valence-electron chi connectivity index (χ0n) is 10.2. The molecule has 0 radical (unpaired) electrons. The fraction of sp³-hybridized carbons (Fsp3) is 0.0769. The molecule has 100 valence electrons. The minimum Gasteiger partial charge on any atom is -0.399 e. The molecule has 0 aliphatic heterocycles. The number of anilines is 2. The molecule has 0 heterocycles. The van der Waals surface area contributed by atoms with Gasteiger partial charge in [-0.1, -0.05) is 23.7 Å². The number of sulfonamides is 1. The highest BCUT2D eigenvalue weighted by Crippen LogP contribution is 2.25. The maximum Gasteiger partial charge on any atom is 0.262 e. The van der Waals surface area contributed by atoms with Crippen molar-refractivity contribution in [2.75, 3.05) is 10.5 Å². The third-order valence-corrected chi connectivity index (χ3v) is 4.18. The molecule has 0 aliphatic carbocycles. The molecule has 0 atom stereocenters. The molecule has 0 amide bonds. The number of nitrogens with one attached hydrogen (secondary N) is 1. The second kappa shape index (κ2) is 5.11. The molecular formula is C13H13ClN2O2S. The van der Waals surface area contributed by atoms with E-state index in [-0.39, 0.29) is 4.90 Å². The Hall–Kier alpha value is -1.72. The Bertz CT molecular complexity index is 694. The Morgan fingerprint density at radius 3 is 2.47 bits per heavy atom. The van der Waals surface area contributed by atoms with E-state index in [1.54, 1.807) is 43.3 Å². The molecule has 0 aliphatic rings. The third kappa shape index (κ3) is 3.19. The fourth-order valence-electron chi connectivity index (χ4n) is 1.68. The first-order chi connectivity index (χ1) is 8.88. The highest BCUT2D eigenvalue weighted by molar-refractivity contribution is 7.92. The molecule has 2 rings (SSSR count). The van der Waals surface area contributed by atoms with Crippen LogP contribution in [0.2, 0.25) is 5.02 Å². The molecule has 0 saturated heterocycles. The SMILES string of the molecule is Cc1cc(N)cc(S(=O)(=O)Nc2ccccc2Cl)c1. The van der Waals surface area contributed by atoms with Crippen molar-refractivity contribution in [2.45, 2.75) is 11.8 Å². The van der Waals surface area contributed by atoms with Gasteiger partial charge in [0.15, 0.2) is 0 Å². The van der Waals surface area contributed by atoms with Crippen LogP contribution in [0, 0.1) is 6.92 Å². The molecule has 3 N–H and O–H groups in total. The van der Waals surface area contributed by atoms with Gasteiger partial charge in [-0.25, -0.2) is 8.42 Å². The van der Waals surface area contributed by atoms with Gasteiger partial charge in [-0.2, -0.15) is 0 Å². The van der Waals surface area contributed by atoms with E-state index >= 15 is 0 Å². The molecule has 2 aromatic rings. The van der Waals surface area contributed by atoms with E-state index in [0.29, 0.717) is 16.4 Å². The average molecular weight is 297 g/mol. The van der Waals surface area contributed by atoms with Crippen molar-refractivity contribution in [2.24, 2.45) is 0 Å². The number of para-hydroxylation sites is 1. The van der Waals surface area contributed by atoms with Crippen LogP contribution in [-0.2, 0) is 10.0 Å². The van der Waals surface area contributed by atoms with Crippen LogP contribution in [0.15, 0.2) is 47.4 Å². The van der Waals surface area contributed by atoms with E-state index in [0.717, 1.165) is 5.56 Å². The molecule has 6 heteroatoms. The molecule has 2 aromatic carbocycles. The fourth-order valence-corrected chi connectivity index (χ4v) is 3.14. The molecule has 0 spiro atoms. The number of nitrogen functional groups attached to an aromatic ring is 1. The second-order valence-corrected chi connectivity index (χ2v) is 6.25. The van der Waals surface area contributed by atoms with Crippen molar-refractivity contribution in [1.82, 2.24) is 0 Å². The topological polar surface area (TPSA) is 72.2 Å². The number of rotatable bonds is 3. The van der Waals surface area contributed by atoms with E-state index in [1.165, 1.54) is 6.07 Å². The summed E-state index contributed by atoms with van der Waals surface area (Å²) in [6.45, 7) is 1.78. The van der Waals surface area contributed by atoms with Crippen molar-refractivity contribution >= 4 is 33.0 Å². The molecule has 19 heavy (non-hydrogen) atoms. The molecular weight excluding hydrogens is 284 g/mol. The minimum absolute atomic E-state index is 0.116. The maximum atomic E-state index is 12.2. The number of benzene rings is 2. The lowest BCUT2D eigenvalue weighted by atomic mass is 10.2. The molecule has 0 unspecified atom stereocenters. The van der Waals surface area contributed by atoms with E-state index in [9.17, 15) is 8.42 Å². The van der Waals surface area contributed by atoms with E-state index in [4.69, 9.17) is 17.3 Å². The first kappa shape index (κ1) is 13.7. The van der Waals surface area contributed by atoms with Crippen molar-refractivity contribution < 1.29 is 8.42 Å². The van der Waals surface area contributed by atoms with Gasteiger partial charge >= 0.3 is 0 Å². The van der Waals surface area contributed by atoms with E-state index < -0.39 is 10.0 Å². The highest BCUT2D eigenvalue weighted by Gasteiger charge is 2.16. The first-order valence-electron chi connectivity index (χ1n) is 5.53. The zero-order valence-corrected chi connectivity index (χ0v) is 11.8. The summed E-state index contributed by atoms with van der Waals surface area (Å²) < 4.78 is 26.9. The minimum atomic E-state index is -3.70. The lowest BCUT2D eigenvalue weighted by molar-refractivity contribution is 0.601. The molecule has 0 bridgehead atoms. The third-order valence-electron chi connectivity index (χ3n) is 2.50. The first-order valence-corrected chi connectivity index (χ1v) is 7.39. The van der Waals surface area contributed by atoms with Gasteiger partial charge in [0.1, 0.15) is 0 Å². The molecule has 4 nitrogen and oxygen atoms in total. The number of aryl methyl sites for hydroxylation is 1. The monoisotopic (exact) mass is 296 g/mol. The van der Waals surface area contributed by atoms with Crippen molar-refractivity contribution in [3.05, 3.63) is 53.1 Å². The summed E-state index contributed by atoms with van der Waals surface area (Å²) in [6.07, 6.45) is 0. The van der Waals surface area contributed by atoms with Crippen LogP contribution in [0.3, 0.4) is 0 Å². The number of hydrogen-bond acceptors (Lipinski definition) is 3. The number of nitrogens with two attached hydrogens (primary N) is 1. The van der Waals surface area contributed by atoms with Gasteiger partial charge in [0.2, 0.25) is 0 Å². The van der Waals surface area contributed by atoms with E-state index in [2.05, 4.69) is 4.72 Å². The van der Waals surface area contributed by atoms with Crippen LogP contribution >= 0.6 is 11.6 Å². The van der Waals surface area contributed by atoms with Gasteiger partial charge in [-0.05, 0) is 42.8 Å². The van der Waals surface area contributed by atoms with Gasteiger partial charge in [0, 0.05) is 5.69 Å². The van der Waals surface area contributed by atoms with Crippen LogP contribution in [0.1, 0.15) is 5.56 Å². The highest BCUT2D eigenvalue weighted by atomic mass is 35.5. The summed E-state index contributed by atoms with van der Waals surface area (Å²) in [5.74, 6) is 0. The standard InChI is InChI=1S/C13H13ClN2O2S/c1-9-6-10(15)8-11(7-9)19(17,18)16-13-5-3-2-4-12(13)14/h2-8,16H,15H2,1H3. The van der Waals surface area contributed by atoms with E-state index in [1.807, 2.05) is 0 Å². The lowest BCUT2D eigenvalue weighted by Gasteiger charge is -2.10. The normalized spacial score (nSPS) is 11.3. The van der Waals surface area contributed by atoms with Gasteiger partial charge in [-0.15, -0.1) is 0 Å². The molecule has 0 saturated carbocycles. The summed E-state index contributed by atoms with van der Waals surface area (Å²) in [5.41, 5.74) is 7.18. The Balaban J connectivity index is 2.41. The summed E-state index contributed by atoms with van der Waals surface area (Å²) >= 11 is 5.93. The summed E-state index contributed by atoms with van der Waals surface area (Å²) in [5, 5.41) is 0.340. The average Bonchev–Trinajstić information content (AvgIpc) is 2.31. The quantitative estimate of drug-likeness (QED) is 0.855. The Morgan fingerprint density at radius 2 is 1.84 bits per heavy atom. The molecule has 0 aromatic heterocycles. The van der Waals surface area contributed by atoms with Crippen LogP contribution in [0.25, 0.3) is 0 Å². The van der Waals surface area contributed by atoms with Crippen LogP contribution in [-0.4, -0.2) is 8.42 Å². The summed E-state index contributed by atoms with van der Waals surface area (Å²) in [7, 11) is -3.70. The Morgan fingerprint density at radius 1 is 1.16 bits per heavy atom. The van der Waals surface area contributed by atoms with Crippen molar-refractivity contribution in [1.29, 1.82) is 0 Å². The zero-order chi connectivity index (χ0) is 14.0. The van der Waals surface area contributed by atoms with Crippen LogP contribution < -0.4 is 10.5 Å². The summed E-state index contributed by atoms with van der Waals surface area (Å²) in [6, 6.07) is 11.3. The van der Waals surface area contributed by atoms with Crippen molar-refractivity contribution in [3.8, 4) is 0 Å². The maximum absolute atomic E-state index is 12.2. The van der Waals surface area contributed by atoms with Crippen molar-refractivity contribution in [3.63, 3.8) is 0 Å². The van der Waals surface area contributed by atoms with Crippen LogP contribution in [0.4, 0.5) is 11.4 Å². The largest absolute Gasteiger partial charge is 0.399 e. The summed E-state index contributed by atoms with van der Waals surface area (Å²) in [4.78, 5) is 0.116. The lowest BCUT2D eigenvalue weighted by Crippen LogP contribution is -2.13. The second-order valence-electron chi connectivity index (χ2n) is 4.16. The predicted molar refractivity (Wildman–Crippen MR) is 77.9 cm³/mol. The predicted octanol–water partition coefficient (Wildman–Crippen LogP) is 3.03. The Kier molecular flexibility index (Phi) is 3.68. The van der Waals surface area contributed by atoms with Gasteiger partial charge < -0.3 is 5.73 Å². The van der Waals surface area contributed by atoms with Gasteiger partial charge in [0.05, 0.1) is 15.6 Å². The smallest absolute Gasteiger partial charge is 0.262 e. The Labute approximate surface area is 117 Å². The number of hydrogen-bond donors (Lipinski definition) is 2. The van der Waals surface area contributed by atoms with Crippen LogP contribution in [0.5, 0.6) is 0 Å². The number of halogens is 1. The molecule has 0 fully saturated rings. The van der Waals surface area contributed by atoms with Gasteiger partial charge in [-0.3, -0.25) is 4.72 Å². The van der Waals surface area contributed by atoms with Gasteiger partial charge in [0.25, 0.3) is 10.0 Å².